The summed E-state index contributed by atoms with van der Waals surface area (Å²) >= 11 is 0. The maximum absolute atomic E-state index is 6.12. The highest BCUT2D eigenvalue weighted by molar-refractivity contribution is 5.70. The highest BCUT2D eigenvalue weighted by Crippen LogP contribution is 2.31. The van der Waals surface area contributed by atoms with Crippen LogP contribution in [-0.4, -0.2) is 13.2 Å². The van der Waals surface area contributed by atoms with Crippen LogP contribution in [0.15, 0.2) is 48.5 Å². The topological polar surface area (TPSA) is 18.5 Å². The van der Waals surface area contributed by atoms with Crippen LogP contribution in [0.2, 0.25) is 0 Å². The fourth-order valence-corrected chi connectivity index (χ4v) is 3.70. The summed E-state index contributed by atoms with van der Waals surface area (Å²) in [5.41, 5.74) is 2.34. The first-order valence-electron chi connectivity index (χ1n) is 12.3. The highest BCUT2D eigenvalue weighted by atomic mass is 16.5. The minimum Gasteiger partial charge on any atom is -0.494 e. The summed E-state index contributed by atoms with van der Waals surface area (Å²) < 4.78 is 12.0. The molecule has 0 saturated carbocycles. The standard InChI is InChI=1S/C28H42O2/c1-3-5-7-9-11-15-23-29-26-21-19-25(20-22-26)27-17-13-14-18-28(27)30-24-16-12-10-8-6-4-2/h13-14,17-22H,3-12,15-16,23-24H2,1-2H3. The predicted molar refractivity (Wildman–Crippen MR) is 130 cm³/mol. The van der Waals surface area contributed by atoms with Gasteiger partial charge in [0.2, 0.25) is 0 Å². The van der Waals surface area contributed by atoms with Gasteiger partial charge in [-0.3, -0.25) is 0 Å². The van der Waals surface area contributed by atoms with E-state index in [9.17, 15) is 0 Å². The van der Waals surface area contributed by atoms with Crippen LogP contribution in [0.3, 0.4) is 0 Å². The number of rotatable bonds is 17. The first-order chi connectivity index (χ1) is 14.8. The maximum atomic E-state index is 6.12. The van der Waals surface area contributed by atoms with Crippen molar-refractivity contribution in [2.24, 2.45) is 0 Å². The average Bonchev–Trinajstić information content (AvgIpc) is 2.79. The lowest BCUT2D eigenvalue weighted by Crippen LogP contribution is -1.99. The maximum Gasteiger partial charge on any atom is 0.127 e. The van der Waals surface area contributed by atoms with Gasteiger partial charge in [-0.25, -0.2) is 0 Å². The third kappa shape index (κ3) is 9.69. The van der Waals surface area contributed by atoms with Gasteiger partial charge in [-0.15, -0.1) is 0 Å². The Balaban J connectivity index is 1.76. The first kappa shape index (κ1) is 24.3. The van der Waals surface area contributed by atoms with Crippen LogP contribution in [0.4, 0.5) is 0 Å². The third-order valence-corrected chi connectivity index (χ3v) is 5.57. The van der Waals surface area contributed by atoms with E-state index in [-0.39, 0.29) is 0 Å². The quantitative estimate of drug-likeness (QED) is 0.242. The molecule has 30 heavy (non-hydrogen) atoms. The zero-order valence-corrected chi connectivity index (χ0v) is 19.3. The largest absolute Gasteiger partial charge is 0.494 e. The van der Waals surface area contributed by atoms with E-state index >= 15 is 0 Å². The Hall–Kier alpha value is -1.96. The van der Waals surface area contributed by atoms with Crippen molar-refractivity contribution in [3.8, 4) is 22.6 Å². The first-order valence-corrected chi connectivity index (χ1v) is 12.3. The van der Waals surface area contributed by atoms with Gasteiger partial charge in [0, 0.05) is 5.56 Å². The molecule has 166 valence electrons. The van der Waals surface area contributed by atoms with Crippen LogP contribution in [0.25, 0.3) is 11.1 Å². The molecule has 0 atom stereocenters. The van der Waals surface area contributed by atoms with Crippen LogP contribution < -0.4 is 9.47 Å². The molecule has 0 aliphatic rings. The summed E-state index contributed by atoms with van der Waals surface area (Å²) in [6, 6.07) is 16.8. The third-order valence-electron chi connectivity index (χ3n) is 5.57. The van der Waals surface area contributed by atoms with Gasteiger partial charge < -0.3 is 9.47 Å². The van der Waals surface area contributed by atoms with Crippen LogP contribution in [0, 0.1) is 0 Å². The van der Waals surface area contributed by atoms with Gasteiger partial charge in [0.15, 0.2) is 0 Å². The molecule has 0 radical (unpaired) electrons. The number of unbranched alkanes of at least 4 members (excludes halogenated alkanes) is 10. The second-order valence-corrected chi connectivity index (χ2v) is 8.25. The molecular formula is C28H42O2. The molecule has 0 bridgehead atoms. The molecule has 2 heteroatoms. The molecule has 0 unspecified atom stereocenters. The molecular weight excluding hydrogens is 368 g/mol. The van der Waals surface area contributed by atoms with E-state index < -0.39 is 0 Å². The van der Waals surface area contributed by atoms with Crippen molar-refractivity contribution >= 4 is 0 Å². The van der Waals surface area contributed by atoms with Gasteiger partial charge in [0.05, 0.1) is 13.2 Å². The molecule has 2 aromatic carbocycles. The van der Waals surface area contributed by atoms with E-state index in [0.717, 1.165) is 43.1 Å². The molecule has 0 spiro atoms. The zero-order valence-electron chi connectivity index (χ0n) is 19.3. The van der Waals surface area contributed by atoms with Crippen LogP contribution in [0.1, 0.15) is 90.9 Å². The molecule has 0 aromatic heterocycles. The summed E-state index contributed by atoms with van der Waals surface area (Å²) in [5, 5.41) is 0. The molecule has 0 aliphatic heterocycles. The van der Waals surface area contributed by atoms with Gasteiger partial charge in [0.1, 0.15) is 11.5 Å². The Morgan fingerprint density at radius 3 is 1.70 bits per heavy atom. The molecule has 2 rings (SSSR count). The Bertz CT molecular complexity index is 663. The Morgan fingerprint density at radius 1 is 0.533 bits per heavy atom. The normalized spacial score (nSPS) is 10.9. The van der Waals surface area contributed by atoms with Gasteiger partial charge in [-0.1, -0.05) is 108 Å². The molecule has 0 aliphatic carbocycles. The molecule has 0 amide bonds. The number of hydrogen-bond acceptors (Lipinski definition) is 2. The Labute approximate surface area is 185 Å². The van der Waals surface area contributed by atoms with E-state index in [1.165, 1.54) is 69.8 Å². The molecule has 2 aromatic rings. The summed E-state index contributed by atoms with van der Waals surface area (Å²) in [5.74, 6) is 1.93. The van der Waals surface area contributed by atoms with Gasteiger partial charge in [-0.05, 0) is 36.6 Å². The Morgan fingerprint density at radius 2 is 1.07 bits per heavy atom. The highest BCUT2D eigenvalue weighted by Gasteiger charge is 2.06. The van der Waals surface area contributed by atoms with Crippen molar-refractivity contribution in [1.29, 1.82) is 0 Å². The lowest BCUT2D eigenvalue weighted by Gasteiger charge is -2.12. The van der Waals surface area contributed by atoms with E-state index in [2.05, 4.69) is 62.4 Å². The lowest BCUT2D eigenvalue weighted by atomic mass is 10.0. The smallest absolute Gasteiger partial charge is 0.127 e. The lowest BCUT2D eigenvalue weighted by molar-refractivity contribution is 0.304. The van der Waals surface area contributed by atoms with Crippen LogP contribution in [-0.2, 0) is 0 Å². The molecule has 2 nitrogen and oxygen atoms in total. The van der Waals surface area contributed by atoms with E-state index in [4.69, 9.17) is 9.47 Å². The zero-order chi connectivity index (χ0) is 21.3. The minimum atomic E-state index is 0.794. The summed E-state index contributed by atoms with van der Waals surface area (Å²) in [6.45, 7) is 6.12. The Kier molecular flexibility index (Phi) is 12.8. The summed E-state index contributed by atoms with van der Waals surface area (Å²) in [4.78, 5) is 0. The molecule has 0 saturated heterocycles. The van der Waals surface area contributed by atoms with E-state index in [1.807, 2.05) is 0 Å². The van der Waals surface area contributed by atoms with Crippen molar-refractivity contribution in [2.75, 3.05) is 13.2 Å². The van der Waals surface area contributed by atoms with Gasteiger partial charge in [-0.2, -0.15) is 0 Å². The number of hydrogen-bond donors (Lipinski definition) is 0. The minimum absolute atomic E-state index is 0.794. The summed E-state index contributed by atoms with van der Waals surface area (Å²) in [7, 11) is 0. The van der Waals surface area contributed by atoms with Crippen molar-refractivity contribution in [1.82, 2.24) is 0 Å². The van der Waals surface area contributed by atoms with E-state index in [1.54, 1.807) is 0 Å². The van der Waals surface area contributed by atoms with E-state index in [0.29, 0.717) is 0 Å². The fraction of sp³-hybridized carbons (Fsp3) is 0.571. The van der Waals surface area contributed by atoms with Crippen LogP contribution in [0.5, 0.6) is 11.5 Å². The molecule has 0 heterocycles. The van der Waals surface area contributed by atoms with Gasteiger partial charge >= 0.3 is 0 Å². The average molecular weight is 411 g/mol. The predicted octanol–water partition coefficient (Wildman–Crippen LogP) is 8.83. The second-order valence-electron chi connectivity index (χ2n) is 8.25. The SMILES string of the molecule is CCCCCCCCOc1ccc(-c2ccccc2OCCCCCCCC)cc1. The molecule has 0 N–H and O–H groups in total. The number of para-hydroxylation sites is 1. The fourth-order valence-electron chi connectivity index (χ4n) is 3.70. The van der Waals surface area contributed by atoms with Gasteiger partial charge in [0.25, 0.3) is 0 Å². The second kappa shape index (κ2) is 15.8. The van der Waals surface area contributed by atoms with Crippen molar-refractivity contribution in [3.05, 3.63) is 48.5 Å². The van der Waals surface area contributed by atoms with Crippen molar-refractivity contribution < 1.29 is 9.47 Å². The van der Waals surface area contributed by atoms with Crippen molar-refractivity contribution in [3.63, 3.8) is 0 Å². The van der Waals surface area contributed by atoms with Crippen molar-refractivity contribution in [2.45, 2.75) is 90.9 Å². The van der Waals surface area contributed by atoms with Crippen LogP contribution >= 0.6 is 0 Å². The summed E-state index contributed by atoms with van der Waals surface area (Å²) in [6.07, 6.45) is 15.4. The number of ether oxygens (including phenoxy) is 2. The molecule has 0 fully saturated rings. The monoisotopic (exact) mass is 410 g/mol. The number of benzene rings is 2.